The van der Waals surface area contributed by atoms with Gasteiger partial charge in [-0.1, -0.05) is 12.5 Å². The maximum absolute atomic E-state index is 10.9. The van der Waals surface area contributed by atoms with Crippen molar-refractivity contribution in [1.82, 2.24) is 5.32 Å². The van der Waals surface area contributed by atoms with Gasteiger partial charge in [0, 0.05) is 103 Å². The molecule has 2 radical (unpaired) electrons. The van der Waals surface area contributed by atoms with Crippen LogP contribution in [0, 0.1) is 38.5 Å². The quantitative estimate of drug-likeness (QED) is 0.365. The first-order valence-electron chi connectivity index (χ1n) is 3.30. The van der Waals surface area contributed by atoms with E-state index in [9.17, 15) is 4.79 Å². The molecule has 0 spiro atoms. The van der Waals surface area contributed by atoms with Gasteiger partial charge in [-0.3, -0.25) is 4.79 Å². The number of Topliss-reactive ketones (excluding diaryl/α,β-unsaturated/α-hetero) is 1. The molecular weight excluding hydrogens is 690 g/mol. The Balaban J connectivity index is -0.0000001000. The zero-order valence-electron chi connectivity index (χ0n) is 8.06. The van der Waals surface area contributed by atoms with Gasteiger partial charge in [-0.2, -0.15) is 0 Å². The molecule has 2 rings (SSSR count). The summed E-state index contributed by atoms with van der Waals surface area (Å²) in [7, 11) is 0. The molecule has 2 aliphatic heterocycles. The Morgan fingerprint density at radius 1 is 1.43 bits per heavy atom. The van der Waals surface area contributed by atoms with Crippen LogP contribution < -0.4 is 5.32 Å². The molecule has 0 aromatic carbocycles. The molecule has 0 aromatic rings. The third kappa shape index (κ3) is 6.09. The van der Waals surface area contributed by atoms with E-state index in [1.165, 1.54) is 0 Å². The molecule has 1 N–H and O–H groups in total. The summed E-state index contributed by atoms with van der Waals surface area (Å²) in [6.07, 6.45) is 1.05. The maximum atomic E-state index is 10.9. The number of hydrogen-bond donors (Lipinski definition) is 1. The fourth-order valence-corrected chi connectivity index (χ4v) is 1.51. The van der Waals surface area contributed by atoms with Crippen LogP contribution in [0.3, 0.4) is 0 Å². The zero-order chi connectivity index (χ0) is 6.27. The Hall–Kier alpha value is 3.02. The molecule has 2 saturated heterocycles. The van der Waals surface area contributed by atoms with Crippen LogP contribution in [-0.4, -0.2) is 31.0 Å². The zero-order valence-corrected chi connectivity index (χ0v) is 19.4. The average molecular weight is 702 g/mol. The van der Waals surface area contributed by atoms with E-state index in [2.05, 4.69) is 10.6 Å². The first-order valence-corrected chi connectivity index (χ1v) is 3.30. The summed E-state index contributed by atoms with van der Waals surface area (Å²) in [5, 5.41) is 7.29. The minimum Gasteiger partial charge on any atom is -0.652 e. The first-order chi connectivity index (χ1) is 4.38. The van der Waals surface area contributed by atoms with Crippen molar-refractivity contribution in [3.05, 3.63) is 12.7 Å². The van der Waals surface area contributed by atoms with Gasteiger partial charge in [-0.15, -0.1) is 6.54 Å². The molecule has 76 valence electrons. The van der Waals surface area contributed by atoms with Crippen LogP contribution in [0.2, 0.25) is 0 Å². The van der Waals surface area contributed by atoms with Crippen LogP contribution in [-0.2, 0) is 77.1 Å². The predicted molar refractivity (Wildman–Crippen MR) is 39.8 cm³/mol. The SMILES string of the molecule is O=C1CNC2CC[N-]C12.[CH3-].[U].[V].[W].[Y]. The molecule has 0 aromatic heterocycles. The van der Waals surface area contributed by atoms with Crippen molar-refractivity contribution in [2.24, 2.45) is 0 Å². The van der Waals surface area contributed by atoms with Gasteiger partial charge in [-0.25, -0.2) is 0 Å². The van der Waals surface area contributed by atoms with Crippen LogP contribution in [0.4, 0.5) is 0 Å². The number of ketones is 1. The second kappa shape index (κ2) is 12.5. The van der Waals surface area contributed by atoms with E-state index in [1.54, 1.807) is 0 Å². The molecule has 2 aliphatic rings. The Morgan fingerprint density at radius 2 is 2.00 bits per heavy atom. The van der Waals surface area contributed by atoms with Crippen LogP contribution in [0.25, 0.3) is 5.32 Å². The Bertz CT molecular complexity index is 167. The Kier molecular flexibility index (Phi) is 23.0. The van der Waals surface area contributed by atoms with Crippen LogP contribution in [0.15, 0.2) is 0 Å². The molecule has 2 atom stereocenters. The van der Waals surface area contributed by atoms with E-state index >= 15 is 0 Å². The minimum atomic E-state index is 0. The average Bonchev–Trinajstić information content (AvgIpc) is 2.35. The Morgan fingerprint density at radius 3 is 2.50 bits per heavy atom. The molecule has 14 heavy (non-hydrogen) atoms. The number of fused-ring (bicyclic) bond motifs is 1. The van der Waals surface area contributed by atoms with Crippen molar-refractivity contribution in [3.8, 4) is 0 Å². The summed E-state index contributed by atoms with van der Waals surface area (Å²) in [5.41, 5.74) is 0. The Labute approximate surface area is 161 Å². The van der Waals surface area contributed by atoms with Gasteiger partial charge in [0.25, 0.3) is 0 Å². The summed E-state index contributed by atoms with van der Waals surface area (Å²) >= 11 is 0. The van der Waals surface area contributed by atoms with Gasteiger partial charge in [0.15, 0.2) is 0 Å². The number of hydrogen-bond acceptors (Lipinski definition) is 2. The number of carbonyl (C=O) groups excluding carboxylic acids is 1. The predicted octanol–water partition coefficient (Wildman–Crippen LogP) is 0.116. The number of carbonyl (C=O) groups is 1. The molecule has 2 heterocycles. The van der Waals surface area contributed by atoms with E-state index < -0.39 is 0 Å². The number of rotatable bonds is 0. The molecule has 0 saturated carbocycles. The van der Waals surface area contributed by atoms with Crippen molar-refractivity contribution >= 4 is 5.78 Å². The van der Waals surface area contributed by atoms with E-state index in [1.807, 2.05) is 0 Å². The van der Waals surface area contributed by atoms with Gasteiger partial charge >= 0.3 is 0 Å². The number of nitrogens with one attached hydrogen (secondary N) is 1. The summed E-state index contributed by atoms with van der Waals surface area (Å²) in [5.74, 6) is 0.275. The van der Waals surface area contributed by atoms with Gasteiger partial charge in [0.1, 0.15) is 5.78 Å². The van der Waals surface area contributed by atoms with Crippen molar-refractivity contribution in [2.45, 2.75) is 18.5 Å². The molecule has 3 nitrogen and oxygen atoms in total. The van der Waals surface area contributed by atoms with Crippen molar-refractivity contribution in [2.75, 3.05) is 13.1 Å². The third-order valence-electron chi connectivity index (χ3n) is 2.02. The molecule has 7 heteroatoms. The number of nitrogens with zero attached hydrogens (tertiary/aromatic N) is 1. The summed E-state index contributed by atoms with van der Waals surface area (Å²) in [6.45, 7) is 1.41. The first kappa shape index (κ1) is 25.8. The van der Waals surface area contributed by atoms with E-state index in [-0.39, 0.29) is 123 Å². The molecule has 0 bridgehead atoms. The summed E-state index contributed by atoms with van der Waals surface area (Å²) < 4.78 is 0. The van der Waals surface area contributed by atoms with E-state index in [0.717, 1.165) is 13.0 Å². The second-order valence-corrected chi connectivity index (χ2v) is 2.59. The van der Waals surface area contributed by atoms with E-state index in [4.69, 9.17) is 0 Å². The summed E-state index contributed by atoms with van der Waals surface area (Å²) in [6, 6.07) is 0.405. The van der Waals surface area contributed by atoms with Crippen molar-refractivity contribution < 1.29 is 108 Å². The largest absolute Gasteiger partial charge is 0.652 e. The minimum absolute atomic E-state index is 0. The van der Waals surface area contributed by atoms with Crippen LogP contribution >= 0.6 is 0 Å². The molecule has 0 amide bonds. The maximum Gasteiger partial charge on any atom is 0.130 e. The molecular formula is C7H12N2OUVWY-2. The van der Waals surface area contributed by atoms with E-state index in [0.29, 0.717) is 12.6 Å². The fraction of sp³-hybridized carbons (Fsp3) is 0.714. The second-order valence-electron chi connectivity index (χ2n) is 2.59. The van der Waals surface area contributed by atoms with Gasteiger partial charge < -0.3 is 18.1 Å². The van der Waals surface area contributed by atoms with Crippen LogP contribution in [0.5, 0.6) is 0 Å². The van der Waals surface area contributed by atoms with Gasteiger partial charge in [0.05, 0.1) is 6.54 Å². The molecule has 0 aliphatic carbocycles. The summed E-state index contributed by atoms with van der Waals surface area (Å²) in [4.78, 5) is 10.9. The normalized spacial score (nSPS) is 26.7. The topological polar surface area (TPSA) is 43.2 Å². The molecule has 2 unspecified atom stereocenters. The fourth-order valence-electron chi connectivity index (χ4n) is 1.51. The van der Waals surface area contributed by atoms with Gasteiger partial charge in [0.2, 0.25) is 0 Å². The molecule has 2 fully saturated rings. The van der Waals surface area contributed by atoms with Crippen molar-refractivity contribution in [3.63, 3.8) is 0 Å². The van der Waals surface area contributed by atoms with Crippen molar-refractivity contribution in [1.29, 1.82) is 0 Å². The van der Waals surface area contributed by atoms with Crippen LogP contribution in [0.1, 0.15) is 6.42 Å². The standard InChI is InChI=1S/C6H9N2O.CH3.U.V.W.Y/c9-5-3-8-4-1-2-7-6(4)5;;;;;/h4,6,8H,1-3H2;1H3;;;;/q2*-1;;;;. The third-order valence-corrected chi connectivity index (χ3v) is 2.02. The van der Waals surface area contributed by atoms with Gasteiger partial charge in [-0.05, 0) is 6.04 Å². The smallest absolute Gasteiger partial charge is 0.130 e. The monoisotopic (exact) mass is 702 g/mol.